The van der Waals surface area contributed by atoms with Crippen molar-refractivity contribution in [2.24, 2.45) is 0 Å². The summed E-state index contributed by atoms with van der Waals surface area (Å²) < 4.78 is 5.15. The Morgan fingerprint density at radius 2 is 2.25 bits per heavy atom. The number of nitrogens with zero attached hydrogens (tertiary/aromatic N) is 1. The maximum Gasteiger partial charge on any atom is 0.107 e. The van der Waals surface area contributed by atoms with E-state index in [4.69, 9.17) is 4.74 Å². The maximum atomic E-state index is 5.15. The number of thiazole rings is 1. The highest BCUT2D eigenvalue weighted by Gasteiger charge is 2.08. The fourth-order valence-electron chi connectivity index (χ4n) is 1.43. The highest BCUT2D eigenvalue weighted by atomic mass is 32.1. The number of rotatable bonds is 7. The molecule has 0 fully saturated rings. The van der Waals surface area contributed by atoms with Gasteiger partial charge in [0.25, 0.3) is 0 Å². The van der Waals surface area contributed by atoms with Gasteiger partial charge in [0.2, 0.25) is 0 Å². The first-order valence-electron chi connectivity index (χ1n) is 5.84. The predicted molar refractivity (Wildman–Crippen MR) is 69.0 cm³/mol. The van der Waals surface area contributed by atoms with Crippen molar-refractivity contribution >= 4 is 11.3 Å². The molecule has 3 nitrogen and oxygen atoms in total. The molecule has 0 radical (unpaired) electrons. The molecule has 0 amide bonds. The Kier molecular flexibility index (Phi) is 5.95. The van der Waals surface area contributed by atoms with E-state index in [1.54, 1.807) is 18.4 Å². The SMILES string of the molecule is CCC(COC)NCc1ncc(C(C)C)s1. The third kappa shape index (κ3) is 4.20. The Labute approximate surface area is 102 Å². The van der Waals surface area contributed by atoms with Crippen LogP contribution in [0.4, 0.5) is 0 Å². The van der Waals surface area contributed by atoms with Gasteiger partial charge in [0, 0.05) is 30.8 Å². The van der Waals surface area contributed by atoms with Gasteiger partial charge in [-0.25, -0.2) is 4.98 Å². The van der Waals surface area contributed by atoms with Gasteiger partial charge in [-0.1, -0.05) is 20.8 Å². The molecule has 0 bridgehead atoms. The van der Waals surface area contributed by atoms with Crippen LogP contribution < -0.4 is 5.32 Å². The van der Waals surface area contributed by atoms with E-state index in [9.17, 15) is 0 Å². The lowest BCUT2D eigenvalue weighted by Gasteiger charge is -2.14. The molecule has 0 aliphatic heterocycles. The Bertz CT molecular complexity index is 299. The summed E-state index contributed by atoms with van der Waals surface area (Å²) in [5, 5.41) is 4.63. The number of methoxy groups -OCH3 is 1. The van der Waals surface area contributed by atoms with Crippen LogP contribution in [0.15, 0.2) is 6.20 Å². The zero-order valence-corrected chi connectivity index (χ0v) is 11.4. The minimum absolute atomic E-state index is 0.427. The van der Waals surface area contributed by atoms with Gasteiger partial charge < -0.3 is 10.1 Å². The second-order valence-electron chi connectivity index (χ2n) is 4.25. The maximum absolute atomic E-state index is 5.15. The molecule has 1 atom stereocenters. The van der Waals surface area contributed by atoms with Crippen molar-refractivity contribution in [2.75, 3.05) is 13.7 Å². The van der Waals surface area contributed by atoms with Gasteiger partial charge in [-0.2, -0.15) is 0 Å². The minimum atomic E-state index is 0.427. The first-order valence-corrected chi connectivity index (χ1v) is 6.65. The second-order valence-corrected chi connectivity index (χ2v) is 5.40. The van der Waals surface area contributed by atoms with Gasteiger partial charge in [0.15, 0.2) is 0 Å². The molecule has 92 valence electrons. The molecule has 0 saturated carbocycles. The average Bonchev–Trinajstić information content (AvgIpc) is 2.73. The lowest BCUT2D eigenvalue weighted by Crippen LogP contribution is -2.31. The standard InChI is InChI=1S/C12H22N2OS/c1-5-10(8-15-4)13-7-12-14-6-11(16-12)9(2)3/h6,9-10,13H,5,7-8H2,1-4H3. The largest absolute Gasteiger partial charge is 0.383 e. The summed E-state index contributed by atoms with van der Waals surface area (Å²) in [4.78, 5) is 5.78. The van der Waals surface area contributed by atoms with Crippen molar-refractivity contribution < 1.29 is 4.74 Å². The van der Waals surface area contributed by atoms with Gasteiger partial charge in [-0.15, -0.1) is 11.3 Å². The van der Waals surface area contributed by atoms with Gasteiger partial charge in [0.1, 0.15) is 5.01 Å². The molecule has 0 aromatic carbocycles. The number of nitrogens with one attached hydrogen (secondary N) is 1. The number of hydrogen-bond donors (Lipinski definition) is 1. The summed E-state index contributed by atoms with van der Waals surface area (Å²) in [6.07, 6.45) is 3.07. The van der Waals surface area contributed by atoms with Crippen molar-refractivity contribution in [1.82, 2.24) is 10.3 Å². The van der Waals surface area contributed by atoms with E-state index in [1.807, 2.05) is 6.20 Å². The Morgan fingerprint density at radius 3 is 2.75 bits per heavy atom. The first-order chi connectivity index (χ1) is 7.67. The van der Waals surface area contributed by atoms with Crippen LogP contribution >= 0.6 is 11.3 Å². The Morgan fingerprint density at radius 1 is 1.50 bits per heavy atom. The van der Waals surface area contributed by atoms with Crippen LogP contribution in [0, 0.1) is 0 Å². The molecule has 1 aromatic rings. The van der Waals surface area contributed by atoms with Crippen molar-refractivity contribution in [3.05, 3.63) is 16.1 Å². The van der Waals surface area contributed by atoms with Crippen molar-refractivity contribution in [2.45, 2.75) is 45.7 Å². The number of hydrogen-bond acceptors (Lipinski definition) is 4. The van der Waals surface area contributed by atoms with E-state index in [-0.39, 0.29) is 0 Å². The summed E-state index contributed by atoms with van der Waals surface area (Å²) in [6, 6.07) is 0.427. The zero-order chi connectivity index (χ0) is 12.0. The van der Waals surface area contributed by atoms with Crippen LogP contribution in [0.5, 0.6) is 0 Å². The zero-order valence-electron chi connectivity index (χ0n) is 10.6. The number of ether oxygens (including phenoxy) is 1. The molecule has 0 aliphatic rings. The Balaban J connectivity index is 2.41. The average molecular weight is 242 g/mol. The van der Waals surface area contributed by atoms with E-state index >= 15 is 0 Å². The molecule has 1 heterocycles. The summed E-state index contributed by atoms with van der Waals surface area (Å²) in [5.41, 5.74) is 0. The second kappa shape index (κ2) is 6.99. The lowest BCUT2D eigenvalue weighted by molar-refractivity contribution is 0.164. The lowest BCUT2D eigenvalue weighted by atomic mass is 10.2. The molecule has 1 rings (SSSR count). The molecule has 16 heavy (non-hydrogen) atoms. The first kappa shape index (κ1) is 13.6. The van der Waals surface area contributed by atoms with E-state index in [0.717, 1.165) is 19.6 Å². The van der Waals surface area contributed by atoms with Crippen LogP contribution in [-0.2, 0) is 11.3 Å². The molecule has 4 heteroatoms. The smallest absolute Gasteiger partial charge is 0.107 e. The molecule has 1 N–H and O–H groups in total. The molecule has 1 unspecified atom stereocenters. The summed E-state index contributed by atoms with van der Waals surface area (Å²) >= 11 is 1.80. The van der Waals surface area contributed by atoms with Crippen molar-refractivity contribution in [1.29, 1.82) is 0 Å². The van der Waals surface area contributed by atoms with E-state index in [0.29, 0.717) is 12.0 Å². The monoisotopic (exact) mass is 242 g/mol. The van der Waals surface area contributed by atoms with Gasteiger partial charge in [0.05, 0.1) is 6.61 Å². The normalized spacial score (nSPS) is 13.3. The topological polar surface area (TPSA) is 34.1 Å². The van der Waals surface area contributed by atoms with Crippen LogP contribution in [0.25, 0.3) is 0 Å². The molecule has 0 aliphatic carbocycles. The number of aromatic nitrogens is 1. The van der Waals surface area contributed by atoms with E-state index in [2.05, 4.69) is 31.1 Å². The highest BCUT2D eigenvalue weighted by molar-refractivity contribution is 7.11. The molecule has 1 aromatic heterocycles. The van der Waals surface area contributed by atoms with Crippen LogP contribution in [0.1, 0.15) is 43.0 Å². The van der Waals surface area contributed by atoms with E-state index in [1.165, 1.54) is 9.88 Å². The van der Waals surface area contributed by atoms with Crippen LogP contribution in [0.2, 0.25) is 0 Å². The molecular weight excluding hydrogens is 220 g/mol. The van der Waals surface area contributed by atoms with Gasteiger partial charge >= 0.3 is 0 Å². The predicted octanol–water partition coefficient (Wildman–Crippen LogP) is 2.78. The third-order valence-electron chi connectivity index (χ3n) is 2.54. The van der Waals surface area contributed by atoms with Gasteiger partial charge in [-0.05, 0) is 12.3 Å². The molecule has 0 spiro atoms. The van der Waals surface area contributed by atoms with Crippen LogP contribution in [-0.4, -0.2) is 24.7 Å². The van der Waals surface area contributed by atoms with Gasteiger partial charge in [-0.3, -0.25) is 0 Å². The fraction of sp³-hybridized carbons (Fsp3) is 0.750. The quantitative estimate of drug-likeness (QED) is 0.798. The molecule has 0 saturated heterocycles. The van der Waals surface area contributed by atoms with Crippen molar-refractivity contribution in [3.8, 4) is 0 Å². The third-order valence-corrected chi connectivity index (χ3v) is 3.84. The summed E-state index contributed by atoms with van der Waals surface area (Å²) in [7, 11) is 1.74. The highest BCUT2D eigenvalue weighted by Crippen LogP contribution is 2.21. The summed E-state index contributed by atoms with van der Waals surface area (Å²) in [6.45, 7) is 8.17. The fourth-order valence-corrected chi connectivity index (χ4v) is 2.30. The molecular formula is C12H22N2OS. The minimum Gasteiger partial charge on any atom is -0.383 e. The van der Waals surface area contributed by atoms with Crippen LogP contribution in [0.3, 0.4) is 0 Å². The van der Waals surface area contributed by atoms with E-state index < -0.39 is 0 Å². The Hall–Kier alpha value is -0.450. The summed E-state index contributed by atoms with van der Waals surface area (Å²) in [5.74, 6) is 0.576. The van der Waals surface area contributed by atoms with Crippen molar-refractivity contribution in [3.63, 3.8) is 0 Å².